The quantitative estimate of drug-likeness (QED) is 0.437. The van der Waals surface area contributed by atoms with Gasteiger partial charge in [-0.05, 0) is 24.3 Å². The number of aromatic carboxylic acids is 1. The molecule has 0 radical (unpaired) electrons. The highest BCUT2D eigenvalue weighted by atomic mass is 16.4. The van der Waals surface area contributed by atoms with Crippen LogP contribution in [0.25, 0.3) is 0 Å². The van der Waals surface area contributed by atoms with Crippen LogP contribution in [0.4, 0.5) is 5.69 Å². The number of hydrogen-bond donors (Lipinski definition) is 2. The molecule has 2 aromatic carbocycles. The monoisotopic (exact) mass is 448 g/mol. The largest absolute Gasteiger partial charge is 0.478 e. The van der Waals surface area contributed by atoms with Gasteiger partial charge in [0.05, 0.1) is 17.0 Å². The molecule has 10 nitrogen and oxygen atoms in total. The minimum atomic E-state index is -0.949. The van der Waals surface area contributed by atoms with Crippen LogP contribution >= 0.6 is 0 Å². The zero-order valence-electron chi connectivity index (χ0n) is 17.7. The summed E-state index contributed by atoms with van der Waals surface area (Å²) in [7, 11) is 0. The maximum atomic E-state index is 13.0. The number of H-pyrrole nitrogens is 1. The van der Waals surface area contributed by atoms with E-state index < -0.39 is 5.97 Å². The van der Waals surface area contributed by atoms with E-state index in [1.165, 1.54) is 4.68 Å². The van der Waals surface area contributed by atoms with Crippen LogP contribution in [0, 0.1) is 4.91 Å². The number of nitrogens with zero attached hydrogens (tertiary/aromatic N) is 4. The highest BCUT2D eigenvalue weighted by Gasteiger charge is 2.38. The van der Waals surface area contributed by atoms with Gasteiger partial charge in [-0.1, -0.05) is 34.0 Å². The molecule has 0 atom stereocenters. The van der Waals surface area contributed by atoms with Crippen LogP contribution in [0.1, 0.15) is 42.5 Å². The highest BCUT2D eigenvalue weighted by molar-refractivity contribution is 6.26. The van der Waals surface area contributed by atoms with Crippen molar-refractivity contribution in [3.8, 4) is 0 Å². The van der Waals surface area contributed by atoms with E-state index in [1.54, 1.807) is 36.4 Å². The third-order valence-corrected chi connectivity index (χ3v) is 6.26. The Morgan fingerprint density at radius 1 is 0.909 bits per heavy atom. The summed E-state index contributed by atoms with van der Waals surface area (Å²) in [5.41, 5.74) is 1.97. The second-order valence-electron chi connectivity index (χ2n) is 8.12. The molecule has 1 aliphatic heterocycles. The molecule has 3 aromatic rings. The number of rotatable bonds is 5. The first-order valence-corrected chi connectivity index (χ1v) is 10.7. The summed E-state index contributed by atoms with van der Waals surface area (Å²) in [4.78, 5) is 53.6. The van der Waals surface area contributed by atoms with Crippen molar-refractivity contribution in [1.82, 2.24) is 14.7 Å². The minimum Gasteiger partial charge on any atom is -0.478 e. The van der Waals surface area contributed by atoms with Crippen molar-refractivity contribution >= 4 is 23.2 Å². The maximum absolute atomic E-state index is 13.0. The Kier molecular flexibility index (Phi) is 5.14. The molecule has 33 heavy (non-hydrogen) atoms. The van der Waals surface area contributed by atoms with Crippen molar-refractivity contribution in [1.29, 1.82) is 0 Å². The van der Waals surface area contributed by atoms with E-state index >= 15 is 0 Å². The molecule has 0 spiro atoms. The van der Waals surface area contributed by atoms with Crippen LogP contribution in [0.5, 0.6) is 0 Å². The van der Waals surface area contributed by atoms with Crippen LogP contribution in [-0.2, 0) is 6.54 Å². The average Bonchev–Trinajstić information content (AvgIpc) is 3.18. The van der Waals surface area contributed by atoms with E-state index in [1.807, 2.05) is 12.1 Å². The lowest BCUT2D eigenvalue weighted by atomic mass is 9.90. The third kappa shape index (κ3) is 3.64. The Morgan fingerprint density at radius 3 is 2.18 bits per heavy atom. The first-order valence-electron chi connectivity index (χ1n) is 10.7. The van der Waals surface area contributed by atoms with Crippen molar-refractivity contribution in [2.45, 2.75) is 6.54 Å². The Hall–Kier alpha value is -4.05. The number of carboxylic acids is 1. The number of ketones is 2. The number of hydrogen-bond acceptors (Lipinski definition) is 6. The summed E-state index contributed by atoms with van der Waals surface area (Å²) >= 11 is 0. The second-order valence-corrected chi connectivity index (χ2v) is 8.12. The van der Waals surface area contributed by atoms with Gasteiger partial charge in [-0.3, -0.25) is 14.5 Å². The molecule has 5 rings (SSSR count). The number of fused-ring (bicyclic) bond motifs is 2. The number of anilines is 1. The summed E-state index contributed by atoms with van der Waals surface area (Å²) in [6.07, 6.45) is 0. The van der Waals surface area contributed by atoms with Gasteiger partial charge < -0.3 is 10.0 Å². The van der Waals surface area contributed by atoms with Crippen LogP contribution in [0.2, 0.25) is 0 Å². The molecule has 1 fully saturated rings. The molecule has 1 saturated heterocycles. The number of carboxylic acid groups (broad SMARTS) is 1. The summed E-state index contributed by atoms with van der Waals surface area (Å²) in [5, 5.41) is 11.5. The smallest absolute Gasteiger partial charge is 0.335 e. The molecule has 2 heterocycles. The predicted molar refractivity (Wildman–Crippen MR) is 118 cm³/mol. The van der Waals surface area contributed by atoms with Gasteiger partial charge in [0.2, 0.25) is 11.6 Å². The molecule has 0 saturated carbocycles. The van der Waals surface area contributed by atoms with Crippen molar-refractivity contribution in [2.75, 3.05) is 37.6 Å². The zero-order chi connectivity index (χ0) is 23.1. The number of nitrogens with one attached hydrogen (secondary N) is 1. The Balaban J connectivity index is 1.26. The summed E-state index contributed by atoms with van der Waals surface area (Å²) in [6, 6.07) is 13.4. The van der Waals surface area contributed by atoms with Crippen molar-refractivity contribution < 1.29 is 24.1 Å². The molecular weight excluding hydrogens is 426 g/mol. The van der Waals surface area contributed by atoms with Crippen molar-refractivity contribution in [3.05, 3.63) is 81.5 Å². The van der Waals surface area contributed by atoms with Crippen LogP contribution in [0.3, 0.4) is 0 Å². The van der Waals surface area contributed by atoms with Crippen LogP contribution < -0.4 is 9.56 Å². The fraction of sp³-hybridized carbons (Fsp3) is 0.261. The van der Waals surface area contributed by atoms with Gasteiger partial charge in [0.25, 0.3) is 4.66 Å². The molecule has 1 aliphatic carbocycles. The normalized spacial score (nSPS) is 15.9. The lowest BCUT2D eigenvalue weighted by Crippen LogP contribution is -2.48. The van der Waals surface area contributed by atoms with E-state index in [0.717, 1.165) is 31.9 Å². The van der Waals surface area contributed by atoms with Crippen molar-refractivity contribution in [2.24, 2.45) is 0 Å². The van der Waals surface area contributed by atoms with E-state index in [4.69, 9.17) is 5.11 Å². The standard InChI is InChI=1S/C23H21N5O5/c29-21-17-3-1-2-4-18(17)22(30)20-19(21)24-28(33)27(20)14-11-25-9-12-26(13-10-25)16-7-5-15(6-8-16)23(31)32/h1-8H,9-14H2,(H-,24,30,31,32,33)/p+1. The number of carbonyl (C=O) groups is 3. The van der Waals surface area contributed by atoms with Gasteiger partial charge >= 0.3 is 5.97 Å². The number of benzene rings is 2. The fourth-order valence-electron chi connectivity index (χ4n) is 4.44. The maximum Gasteiger partial charge on any atom is 0.335 e. The van der Waals surface area contributed by atoms with Crippen LogP contribution in [0.15, 0.2) is 48.5 Å². The fourth-order valence-corrected chi connectivity index (χ4v) is 4.44. The number of aromatic nitrogens is 3. The van der Waals surface area contributed by atoms with Crippen LogP contribution in [-0.4, -0.2) is 70.0 Å². The summed E-state index contributed by atoms with van der Waals surface area (Å²) in [6.45, 7) is 3.83. The first-order chi connectivity index (χ1) is 15.9. The van der Waals surface area contributed by atoms with E-state index in [9.17, 15) is 19.3 Å². The van der Waals surface area contributed by atoms with E-state index in [2.05, 4.69) is 14.9 Å². The lowest BCUT2D eigenvalue weighted by Gasteiger charge is -2.35. The lowest BCUT2D eigenvalue weighted by molar-refractivity contribution is -0.652. The molecular formula is C23H22N5O5+. The predicted octanol–water partition coefficient (Wildman–Crippen LogP) is 1.03. The first kappa shape index (κ1) is 20.8. The molecule has 2 aliphatic rings. The summed E-state index contributed by atoms with van der Waals surface area (Å²) < 4.78 is 1.76. The topological polar surface area (TPSA) is 122 Å². The minimum absolute atomic E-state index is 0.0309. The number of carbonyl (C=O) groups excluding carboxylic acids is 2. The molecule has 0 amide bonds. The number of aromatic amines is 1. The molecule has 2 N–H and O–H groups in total. The van der Waals surface area contributed by atoms with Gasteiger partial charge in [0, 0.05) is 49.5 Å². The SMILES string of the molecule is O=C(O)c1ccc(N2CCN(CCn3c4c([nH][n+]3=O)C(=O)c3ccccc3C4=O)CC2)cc1. The Morgan fingerprint density at radius 2 is 1.55 bits per heavy atom. The van der Waals surface area contributed by atoms with Gasteiger partial charge in [-0.15, -0.1) is 0 Å². The summed E-state index contributed by atoms with van der Waals surface area (Å²) in [5.74, 6) is -1.64. The van der Waals surface area contributed by atoms with E-state index in [-0.39, 0.29) is 35.1 Å². The van der Waals surface area contributed by atoms with Crippen molar-refractivity contribution in [3.63, 3.8) is 0 Å². The molecule has 0 unspecified atom stereocenters. The highest BCUT2D eigenvalue weighted by Crippen LogP contribution is 2.25. The second kappa shape index (κ2) is 8.14. The van der Waals surface area contributed by atoms with Gasteiger partial charge in [0.15, 0.2) is 11.4 Å². The number of piperazine rings is 1. The van der Waals surface area contributed by atoms with Gasteiger partial charge in [-0.2, -0.15) is 0 Å². The van der Waals surface area contributed by atoms with Gasteiger partial charge in [-0.25, -0.2) is 4.79 Å². The van der Waals surface area contributed by atoms with Gasteiger partial charge in [0.1, 0.15) is 0 Å². The zero-order valence-corrected chi connectivity index (χ0v) is 17.7. The molecule has 10 heteroatoms. The third-order valence-electron chi connectivity index (χ3n) is 6.26. The Labute approximate surface area is 188 Å². The van der Waals surface area contributed by atoms with E-state index in [0.29, 0.717) is 22.3 Å². The Bertz CT molecular complexity index is 1320. The molecule has 0 bridgehead atoms. The molecule has 1 aromatic heterocycles. The average molecular weight is 448 g/mol. The molecule has 168 valence electrons.